The van der Waals surface area contributed by atoms with E-state index in [-0.39, 0.29) is 12.1 Å². The number of ether oxygens (including phenoxy) is 2. The molecule has 7 nitrogen and oxygen atoms in total. The number of urea groups is 1. The van der Waals surface area contributed by atoms with Crippen molar-refractivity contribution in [3.05, 3.63) is 89.6 Å². The number of pyridine rings is 1. The maximum Gasteiger partial charge on any atom is 0.341 e. The van der Waals surface area contributed by atoms with E-state index in [0.717, 1.165) is 11.6 Å². The summed E-state index contributed by atoms with van der Waals surface area (Å²) in [6.07, 6.45) is 3.38. The van der Waals surface area contributed by atoms with Crippen LogP contribution in [0.15, 0.2) is 72.0 Å². The van der Waals surface area contributed by atoms with E-state index in [9.17, 15) is 13.6 Å². The van der Waals surface area contributed by atoms with Gasteiger partial charge in [0.1, 0.15) is 30.1 Å². The van der Waals surface area contributed by atoms with Gasteiger partial charge in [-0.15, -0.1) is 0 Å². The van der Waals surface area contributed by atoms with Crippen LogP contribution in [0, 0.1) is 11.6 Å². The van der Waals surface area contributed by atoms with Crippen molar-refractivity contribution >= 4 is 12.2 Å². The molecule has 3 aromatic rings. The van der Waals surface area contributed by atoms with Crippen molar-refractivity contribution in [3.63, 3.8) is 0 Å². The molecule has 2 aliphatic rings. The molecule has 2 amide bonds. The monoisotopic (exact) mass is 464 g/mol. The molecule has 1 atom stereocenters. The standard InChI is InChI=1S/C25H22F2N4O3/c26-19-10-18(11-20(27)12-19)23-8-9-29-31(23)25(32)30-14-22(15-30)34-21-6-7-24(28-13-21)33-16-17-4-2-1-3-5-17/h1-7,9-13,22-23H,8,14-16H2. The number of carbonyl (C=O) groups is 1. The highest BCUT2D eigenvalue weighted by Gasteiger charge is 2.39. The number of likely N-dealkylation sites (tertiary alicyclic amines) is 1. The molecule has 1 saturated heterocycles. The average molecular weight is 464 g/mol. The van der Waals surface area contributed by atoms with Gasteiger partial charge in [0.15, 0.2) is 0 Å². The first-order chi connectivity index (χ1) is 16.5. The number of nitrogens with zero attached hydrogens (tertiary/aromatic N) is 4. The molecule has 0 aliphatic carbocycles. The van der Waals surface area contributed by atoms with Gasteiger partial charge in [0.2, 0.25) is 5.88 Å². The van der Waals surface area contributed by atoms with Gasteiger partial charge in [-0.2, -0.15) is 5.10 Å². The normalized spacial score (nSPS) is 17.5. The summed E-state index contributed by atoms with van der Waals surface area (Å²) in [7, 11) is 0. The van der Waals surface area contributed by atoms with E-state index >= 15 is 0 Å². The van der Waals surface area contributed by atoms with Crippen molar-refractivity contribution in [2.24, 2.45) is 5.10 Å². The summed E-state index contributed by atoms with van der Waals surface area (Å²) >= 11 is 0. The van der Waals surface area contributed by atoms with E-state index in [4.69, 9.17) is 9.47 Å². The quantitative estimate of drug-likeness (QED) is 0.537. The number of aromatic nitrogens is 1. The van der Waals surface area contributed by atoms with Crippen molar-refractivity contribution < 1.29 is 23.0 Å². The van der Waals surface area contributed by atoms with Crippen LogP contribution in [0.5, 0.6) is 11.6 Å². The van der Waals surface area contributed by atoms with Crippen LogP contribution in [0.3, 0.4) is 0 Å². The van der Waals surface area contributed by atoms with Gasteiger partial charge in [-0.05, 0) is 29.3 Å². The lowest BCUT2D eigenvalue weighted by molar-refractivity contribution is 0.0274. The van der Waals surface area contributed by atoms with E-state index in [2.05, 4.69) is 10.1 Å². The first kappa shape index (κ1) is 21.8. The molecule has 3 heterocycles. The largest absolute Gasteiger partial charge is 0.485 e. The van der Waals surface area contributed by atoms with Crippen LogP contribution in [0.4, 0.5) is 13.6 Å². The number of hydrogen-bond donors (Lipinski definition) is 0. The Morgan fingerprint density at radius 1 is 1.03 bits per heavy atom. The predicted molar refractivity (Wildman–Crippen MR) is 120 cm³/mol. The van der Waals surface area contributed by atoms with Crippen molar-refractivity contribution in [3.8, 4) is 11.6 Å². The highest BCUT2D eigenvalue weighted by atomic mass is 19.1. The Morgan fingerprint density at radius 2 is 1.79 bits per heavy atom. The summed E-state index contributed by atoms with van der Waals surface area (Å²) in [5.74, 6) is -0.293. The minimum Gasteiger partial charge on any atom is -0.485 e. The summed E-state index contributed by atoms with van der Waals surface area (Å²) in [4.78, 5) is 18.7. The van der Waals surface area contributed by atoms with Gasteiger partial charge in [-0.3, -0.25) is 0 Å². The van der Waals surface area contributed by atoms with Crippen molar-refractivity contribution in [1.29, 1.82) is 0 Å². The van der Waals surface area contributed by atoms with Crippen LogP contribution in [0.25, 0.3) is 0 Å². The molecule has 174 valence electrons. The van der Waals surface area contributed by atoms with E-state index < -0.39 is 17.7 Å². The Bertz CT molecular complexity index is 1160. The first-order valence-corrected chi connectivity index (χ1v) is 10.9. The molecule has 5 rings (SSSR count). The molecule has 0 bridgehead atoms. The molecule has 0 N–H and O–H groups in total. The van der Waals surface area contributed by atoms with Crippen LogP contribution in [0.1, 0.15) is 23.6 Å². The van der Waals surface area contributed by atoms with Crippen molar-refractivity contribution in [1.82, 2.24) is 14.9 Å². The molecule has 1 aromatic heterocycles. The third-order valence-corrected chi connectivity index (χ3v) is 5.66. The molecule has 0 spiro atoms. The number of carbonyl (C=O) groups excluding carboxylic acids is 1. The average Bonchev–Trinajstić information content (AvgIpc) is 3.30. The summed E-state index contributed by atoms with van der Waals surface area (Å²) in [5.41, 5.74) is 1.42. The number of benzene rings is 2. The lowest BCUT2D eigenvalue weighted by Crippen LogP contribution is -2.58. The number of halogens is 2. The molecule has 1 fully saturated rings. The van der Waals surface area contributed by atoms with Crippen molar-refractivity contribution in [2.75, 3.05) is 13.1 Å². The van der Waals surface area contributed by atoms with Gasteiger partial charge in [0.05, 0.1) is 25.3 Å². The second-order valence-corrected chi connectivity index (χ2v) is 8.13. The van der Waals surface area contributed by atoms with Gasteiger partial charge < -0.3 is 14.4 Å². The number of amides is 2. The summed E-state index contributed by atoms with van der Waals surface area (Å²) < 4.78 is 38.8. The third kappa shape index (κ3) is 4.83. The summed E-state index contributed by atoms with van der Waals surface area (Å²) in [6.45, 7) is 1.18. The second-order valence-electron chi connectivity index (χ2n) is 8.13. The SMILES string of the molecule is O=C(N1CC(Oc2ccc(OCc3ccccc3)nc2)C1)N1N=CCC1c1cc(F)cc(F)c1. The van der Waals surface area contributed by atoms with Crippen LogP contribution >= 0.6 is 0 Å². The first-order valence-electron chi connectivity index (χ1n) is 10.9. The molecular weight excluding hydrogens is 442 g/mol. The zero-order valence-electron chi connectivity index (χ0n) is 18.2. The third-order valence-electron chi connectivity index (χ3n) is 5.66. The minimum absolute atomic E-state index is 0.182. The minimum atomic E-state index is -0.684. The fourth-order valence-corrected chi connectivity index (χ4v) is 3.90. The second kappa shape index (κ2) is 9.46. The van der Waals surface area contributed by atoms with Crippen LogP contribution in [-0.2, 0) is 6.61 Å². The van der Waals surface area contributed by atoms with Gasteiger partial charge >= 0.3 is 6.03 Å². The predicted octanol–water partition coefficient (Wildman–Crippen LogP) is 4.55. The number of hydrogen-bond acceptors (Lipinski definition) is 5. The van der Waals surface area contributed by atoms with Crippen LogP contribution < -0.4 is 9.47 Å². The Balaban J connectivity index is 1.12. The fraction of sp³-hybridized carbons (Fsp3) is 0.240. The van der Waals surface area contributed by atoms with E-state index in [1.54, 1.807) is 29.4 Å². The van der Waals surface area contributed by atoms with Gasteiger partial charge in [-0.1, -0.05) is 30.3 Å². The van der Waals surface area contributed by atoms with Gasteiger partial charge in [0, 0.05) is 24.8 Å². The van der Waals surface area contributed by atoms with Gasteiger partial charge in [-0.25, -0.2) is 23.6 Å². The Kier molecular flexibility index (Phi) is 6.07. The van der Waals surface area contributed by atoms with E-state index in [1.165, 1.54) is 17.1 Å². The Morgan fingerprint density at radius 3 is 2.50 bits per heavy atom. The molecular formula is C25H22F2N4O3. The van der Waals surface area contributed by atoms with Crippen molar-refractivity contribution in [2.45, 2.75) is 25.2 Å². The Hall–Kier alpha value is -4.01. The smallest absolute Gasteiger partial charge is 0.341 e. The summed E-state index contributed by atoms with van der Waals surface area (Å²) in [5, 5.41) is 5.39. The fourth-order valence-electron chi connectivity index (χ4n) is 3.90. The van der Waals surface area contributed by atoms with E-state index in [1.807, 2.05) is 30.3 Å². The van der Waals surface area contributed by atoms with Gasteiger partial charge in [0.25, 0.3) is 0 Å². The van der Waals surface area contributed by atoms with Crippen LogP contribution in [-0.4, -0.2) is 46.3 Å². The highest BCUT2D eigenvalue weighted by molar-refractivity contribution is 5.79. The van der Waals surface area contributed by atoms with Crippen LogP contribution in [0.2, 0.25) is 0 Å². The molecule has 0 radical (unpaired) electrons. The Labute approximate surface area is 195 Å². The molecule has 0 saturated carbocycles. The zero-order chi connectivity index (χ0) is 23.5. The highest BCUT2D eigenvalue weighted by Crippen LogP contribution is 2.31. The molecule has 1 unspecified atom stereocenters. The lowest BCUT2D eigenvalue weighted by Gasteiger charge is -2.40. The molecule has 9 heteroatoms. The number of rotatable bonds is 6. The topological polar surface area (TPSA) is 67.3 Å². The maximum absolute atomic E-state index is 13.6. The molecule has 34 heavy (non-hydrogen) atoms. The van der Waals surface area contributed by atoms with E-state index in [0.29, 0.717) is 43.3 Å². The molecule has 2 aliphatic heterocycles. The molecule has 2 aromatic carbocycles. The summed E-state index contributed by atoms with van der Waals surface area (Å²) in [6, 6.07) is 15.7. The zero-order valence-corrected chi connectivity index (χ0v) is 18.2. The number of hydrazone groups is 1. The maximum atomic E-state index is 13.6. The lowest BCUT2D eigenvalue weighted by atomic mass is 10.0.